The number of nitrogens with two attached hydrogens (primary N) is 1. The summed E-state index contributed by atoms with van der Waals surface area (Å²) in [6.45, 7) is 2.14. The molecule has 84 valence electrons. The average molecular weight is 234 g/mol. The third-order valence-corrected chi connectivity index (χ3v) is 3.28. The first-order chi connectivity index (χ1) is 7.85. The molecule has 0 saturated heterocycles. The first-order valence-corrected chi connectivity index (χ1v) is 5.94. The lowest BCUT2D eigenvalue weighted by atomic mass is 10.0. The summed E-state index contributed by atoms with van der Waals surface area (Å²) >= 11 is 1.36. The normalized spacial score (nSPS) is 12.6. The standard InChI is InChI=1S/C11H14N4S/c1-2-8-3-5-9(6-4-8)11(14-12)10-7-13-15-16-10/h3-7,11,14H,2,12H2,1H3. The van der Waals surface area contributed by atoms with Crippen molar-refractivity contribution in [3.63, 3.8) is 0 Å². The molecule has 5 heteroatoms. The molecule has 0 aliphatic carbocycles. The predicted molar refractivity (Wildman–Crippen MR) is 64.9 cm³/mol. The second kappa shape index (κ2) is 5.16. The highest BCUT2D eigenvalue weighted by Crippen LogP contribution is 2.23. The summed E-state index contributed by atoms with van der Waals surface area (Å²) in [5.41, 5.74) is 5.24. The maximum absolute atomic E-state index is 5.57. The van der Waals surface area contributed by atoms with E-state index in [1.807, 2.05) is 0 Å². The van der Waals surface area contributed by atoms with E-state index in [4.69, 9.17) is 5.84 Å². The lowest BCUT2D eigenvalue weighted by molar-refractivity contribution is 0.645. The van der Waals surface area contributed by atoms with E-state index in [0.29, 0.717) is 0 Å². The zero-order valence-electron chi connectivity index (χ0n) is 9.05. The van der Waals surface area contributed by atoms with Crippen molar-refractivity contribution in [2.75, 3.05) is 0 Å². The summed E-state index contributed by atoms with van der Waals surface area (Å²) in [5, 5.41) is 3.82. The van der Waals surface area contributed by atoms with Gasteiger partial charge in [0.15, 0.2) is 0 Å². The molecule has 3 N–H and O–H groups in total. The monoisotopic (exact) mass is 234 g/mol. The molecule has 0 saturated carbocycles. The quantitative estimate of drug-likeness (QED) is 0.623. The molecule has 1 aromatic carbocycles. The van der Waals surface area contributed by atoms with Crippen molar-refractivity contribution >= 4 is 11.5 Å². The molecule has 1 atom stereocenters. The van der Waals surface area contributed by atoms with Crippen LogP contribution in [0.2, 0.25) is 0 Å². The fourth-order valence-corrected chi connectivity index (χ4v) is 2.18. The molecule has 0 aliphatic heterocycles. The molecule has 4 nitrogen and oxygen atoms in total. The maximum Gasteiger partial charge on any atom is 0.0834 e. The van der Waals surface area contributed by atoms with Gasteiger partial charge in [-0.15, -0.1) is 5.10 Å². The van der Waals surface area contributed by atoms with Crippen LogP contribution in [0.25, 0.3) is 0 Å². The van der Waals surface area contributed by atoms with Gasteiger partial charge in [-0.25, -0.2) is 5.43 Å². The summed E-state index contributed by atoms with van der Waals surface area (Å²) in [6, 6.07) is 8.39. The molecule has 1 heterocycles. The lowest BCUT2D eigenvalue weighted by Crippen LogP contribution is -2.28. The minimum Gasteiger partial charge on any atom is -0.271 e. The number of nitrogens with zero attached hydrogens (tertiary/aromatic N) is 2. The zero-order valence-corrected chi connectivity index (χ0v) is 9.87. The van der Waals surface area contributed by atoms with Gasteiger partial charge in [-0.1, -0.05) is 35.7 Å². The third kappa shape index (κ3) is 2.27. The fourth-order valence-electron chi connectivity index (χ4n) is 1.59. The van der Waals surface area contributed by atoms with Crippen molar-refractivity contribution in [2.45, 2.75) is 19.4 Å². The number of aryl methyl sites for hydroxylation is 1. The molecule has 2 aromatic rings. The average Bonchev–Trinajstić information content (AvgIpc) is 2.85. The number of aromatic nitrogens is 2. The Labute approximate surface area is 98.6 Å². The third-order valence-electron chi connectivity index (χ3n) is 2.55. The minimum absolute atomic E-state index is 0.0223. The molecule has 1 aromatic heterocycles. The van der Waals surface area contributed by atoms with Crippen LogP contribution in [0, 0.1) is 0 Å². The van der Waals surface area contributed by atoms with Crippen LogP contribution in [0.4, 0.5) is 0 Å². The van der Waals surface area contributed by atoms with Crippen molar-refractivity contribution in [1.29, 1.82) is 0 Å². The maximum atomic E-state index is 5.57. The minimum atomic E-state index is -0.0223. The van der Waals surface area contributed by atoms with Gasteiger partial charge in [-0.05, 0) is 29.1 Å². The zero-order chi connectivity index (χ0) is 11.4. The van der Waals surface area contributed by atoms with E-state index in [1.54, 1.807) is 6.20 Å². The van der Waals surface area contributed by atoms with E-state index in [2.05, 4.69) is 46.2 Å². The Bertz CT molecular complexity index is 424. The smallest absolute Gasteiger partial charge is 0.0834 e. The second-order valence-corrected chi connectivity index (χ2v) is 4.33. The largest absolute Gasteiger partial charge is 0.271 e. The Morgan fingerprint density at radius 2 is 2.12 bits per heavy atom. The van der Waals surface area contributed by atoms with Crippen LogP contribution in [0.5, 0.6) is 0 Å². The number of benzene rings is 1. The van der Waals surface area contributed by atoms with E-state index in [9.17, 15) is 0 Å². The molecule has 0 radical (unpaired) electrons. The molecule has 0 amide bonds. The number of rotatable bonds is 4. The molecule has 0 bridgehead atoms. The summed E-state index contributed by atoms with van der Waals surface area (Å²) in [4.78, 5) is 1.02. The van der Waals surface area contributed by atoms with Crippen molar-refractivity contribution in [1.82, 2.24) is 15.0 Å². The molecule has 1 unspecified atom stereocenters. The molecule has 16 heavy (non-hydrogen) atoms. The molecule has 0 fully saturated rings. The van der Waals surface area contributed by atoms with Crippen LogP contribution in [0.1, 0.15) is 29.0 Å². The predicted octanol–water partition coefficient (Wildman–Crippen LogP) is 1.65. The fraction of sp³-hybridized carbons (Fsp3) is 0.273. The first kappa shape index (κ1) is 11.2. The van der Waals surface area contributed by atoms with Gasteiger partial charge in [0.25, 0.3) is 0 Å². The highest BCUT2D eigenvalue weighted by molar-refractivity contribution is 7.05. The Morgan fingerprint density at radius 1 is 1.38 bits per heavy atom. The van der Waals surface area contributed by atoms with Crippen molar-refractivity contribution < 1.29 is 0 Å². The highest BCUT2D eigenvalue weighted by atomic mass is 32.1. The molecule has 2 rings (SSSR count). The van der Waals surface area contributed by atoms with E-state index >= 15 is 0 Å². The number of hydrazine groups is 1. The van der Waals surface area contributed by atoms with Crippen LogP contribution in [0.15, 0.2) is 30.5 Å². The molecule has 0 aliphatic rings. The molecular weight excluding hydrogens is 220 g/mol. The number of hydrogen-bond donors (Lipinski definition) is 2. The Morgan fingerprint density at radius 3 is 2.62 bits per heavy atom. The Balaban J connectivity index is 2.27. The number of nitrogens with one attached hydrogen (secondary N) is 1. The van der Waals surface area contributed by atoms with Crippen LogP contribution >= 0.6 is 11.5 Å². The van der Waals surface area contributed by atoms with Gasteiger partial charge in [0.05, 0.1) is 17.1 Å². The molecular formula is C11H14N4S. The van der Waals surface area contributed by atoms with Crippen molar-refractivity contribution in [3.8, 4) is 0 Å². The van der Waals surface area contributed by atoms with Gasteiger partial charge in [0, 0.05) is 0 Å². The topological polar surface area (TPSA) is 63.8 Å². The summed E-state index contributed by atoms with van der Waals surface area (Å²) < 4.78 is 3.85. The van der Waals surface area contributed by atoms with Crippen LogP contribution < -0.4 is 11.3 Å². The van der Waals surface area contributed by atoms with E-state index < -0.39 is 0 Å². The van der Waals surface area contributed by atoms with E-state index in [1.165, 1.54) is 17.1 Å². The van der Waals surface area contributed by atoms with Crippen LogP contribution in [-0.4, -0.2) is 9.59 Å². The van der Waals surface area contributed by atoms with Gasteiger partial charge in [-0.3, -0.25) is 5.84 Å². The van der Waals surface area contributed by atoms with Crippen molar-refractivity contribution in [3.05, 3.63) is 46.5 Å². The van der Waals surface area contributed by atoms with Crippen molar-refractivity contribution in [2.24, 2.45) is 5.84 Å². The Kier molecular flexibility index (Phi) is 3.61. The second-order valence-electron chi connectivity index (χ2n) is 3.51. The van der Waals surface area contributed by atoms with E-state index in [-0.39, 0.29) is 6.04 Å². The van der Waals surface area contributed by atoms with Gasteiger partial charge < -0.3 is 0 Å². The van der Waals surface area contributed by atoms with Gasteiger partial charge in [0.1, 0.15) is 0 Å². The SMILES string of the molecule is CCc1ccc(C(NN)c2cnns2)cc1. The number of hydrogen-bond acceptors (Lipinski definition) is 5. The first-order valence-electron chi connectivity index (χ1n) is 5.17. The summed E-state index contributed by atoms with van der Waals surface area (Å²) in [5.74, 6) is 5.57. The van der Waals surface area contributed by atoms with Crippen LogP contribution in [-0.2, 0) is 6.42 Å². The molecule has 0 spiro atoms. The summed E-state index contributed by atoms with van der Waals surface area (Å²) in [7, 11) is 0. The lowest BCUT2D eigenvalue weighted by Gasteiger charge is -2.13. The van der Waals surface area contributed by atoms with Gasteiger partial charge in [-0.2, -0.15) is 0 Å². The van der Waals surface area contributed by atoms with Crippen LogP contribution in [0.3, 0.4) is 0 Å². The van der Waals surface area contributed by atoms with Gasteiger partial charge in [0.2, 0.25) is 0 Å². The summed E-state index contributed by atoms with van der Waals surface area (Å²) in [6.07, 6.45) is 2.78. The Hall–Kier alpha value is -1.30. The van der Waals surface area contributed by atoms with E-state index in [0.717, 1.165) is 16.9 Å². The van der Waals surface area contributed by atoms with Gasteiger partial charge >= 0.3 is 0 Å². The highest BCUT2D eigenvalue weighted by Gasteiger charge is 2.14.